The Bertz CT molecular complexity index is 975. The molecule has 26 heavy (non-hydrogen) atoms. The number of ether oxygens (including phenoxy) is 1. The fourth-order valence-electron chi connectivity index (χ4n) is 4.74. The Labute approximate surface area is 150 Å². The molecule has 1 aliphatic carbocycles. The zero-order valence-electron chi connectivity index (χ0n) is 14.9. The van der Waals surface area contributed by atoms with Gasteiger partial charge < -0.3 is 19.5 Å². The van der Waals surface area contributed by atoms with Crippen molar-refractivity contribution in [2.45, 2.75) is 38.3 Å². The van der Waals surface area contributed by atoms with E-state index in [1.807, 2.05) is 22.8 Å². The molecule has 0 spiro atoms. The van der Waals surface area contributed by atoms with E-state index in [4.69, 9.17) is 4.74 Å². The molecule has 136 valence electrons. The van der Waals surface area contributed by atoms with E-state index < -0.39 is 17.5 Å². The molecule has 1 aromatic heterocycles. The highest BCUT2D eigenvalue weighted by atomic mass is 16.5. The van der Waals surface area contributed by atoms with Gasteiger partial charge in [0.05, 0.1) is 18.9 Å². The Hall–Kier alpha value is -2.60. The normalized spacial score (nSPS) is 25.2. The second-order valence-corrected chi connectivity index (χ2v) is 7.83. The summed E-state index contributed by atoms with van der Waals surface area (Å²) < 4.78 is 7.19. The molecule has 0 radical (unpaired) electrons. The third-order valence-electron chi connectivity index (χ3n) is 5.80. The van der Waals surface area contributed by atoms with E-state index in [0.29, 0.717) is 17.9 Å². The number of aliphatic hydroxyl groups is 1. The third kappa shape index (κ3) is 2.22. The number of hydrogen-bond acceptors (Lipinski definition) is 4. The summed E-state index contributed by atoms with van der Waals surface area (Å²) >= 11 is 0. The minimum Gasteiger partial charge on any atom is -0.497 e. The number of aromatic carboxylic acids is 1. The number of hydrogen-bond donors (Lipinski definition) is 2. The molecule has 3 unspecified atom stereocenters. The van der Waals surface area contributed by atoms with Crippen LogP contribution in [-0.4, -0.2) is 34.0 Å². The number of benzene rings is 1. The number of rotatable bonds is 2. The molecule has 2 N–H and O–H groups in total. The fourth-order valence-corrected chi connectivity index (χ4v) is 4.74. The lowest BCUT2D eigenvalue weighted by Crippen LogP contribution is -2.33. The van der Waals surface area contributed by atoms with Gasteiger partial charge in [-0.1, -0.05) is 19.9 Å². The first-order valence-corrected chi connectivity index (χ1v) is 8.60. The molecule has 6 heteroatoms. The van der Waals surface area contributed by atoms with Gasteiger partial charge in [0.15, 0.2) is 5.43 Å². The molecule has 0 saturated heterocycles. The first kappa shape index (κ1) is 16.8. The molecule has 0 bridgehead atoms. The van der Waals surface area contributed by atoms with Crippen LogP contribution in [0.1, 0.15) is 48.1 Å². The van der Waals surface area contributed by atoms with Gasteiger partial charge in [-0.25, -0.2) is 4.79 Å². The van der Waals surface area contributed by atoms with Crippen molar-refractivity contribution in [3.05, 3.63) is 51.8 Å². The van der Waals surface area contributed by atoms with Gasteiger partial charge in [-0.05, 0) is 29.5 Å². The van der Waals surface area contributed by atoms with Gasteiger partial charge in [0.25, 0.3) is 0 Å². The Kier molecular flexibility index (Phi) is 3.53. The van der Waals surface area contributed by atoms with E-state index in [0.717, 1.165) is 11.1 Å². The standard InChI is InChI=1S/C20H21NO5/c1-20(2)8-16(23)17-11-5-4-10(26-3)6-12(11)14-7-15(22)13(19(24)25)9-21(14)18(17)20/h4-7,9,16-18,23H,8H2,1-3H3,(H,24,25). The van der Waals surface area contributed by atoms with Gasteiger partial charge in [0.1, 0.15) is 11.3 Å². The number of carbonyl (C=O) groups is 1. The molecule has 1 aromatic carbocycles. The monoisotopic (exact) mass is 355 g/mol. The molecular formula is C20H21NO5. The number of aromatic nitrogens is 1. The maximum Gasteiger partial charge on any atom is 0.341 e. The topological polar surface area (TPSA) is 88.8 Å². The number of nitrogens with zero attached hydrogens (tertiary/aromatic N) is 1. The van der Waals surface area contributed by atoms with Crippen LogP contribution >= 0.6 is 0 Å². The van der Waals surface area contributed by atoms with Gasteiger partial charge in [-0.2, -0.15) is 0 Å². The zero-order chi connectivity index (χ0) is 18.8. The SMILES string of the molecule is COc1ccc2c(c1)-c1cc(=O)c(C(=O)O)cn1C1C2C(O)CC1(C)C. The van der Waals surface area contributed by atoms with Crippen molar-refractivity contribution < 1.29 is 19.7 Å². The first-order valence-electron chi connectivity index (χ1n) is 8.60. The second-order valence-electron chi connectivity index (χ2n) is 7.83. The predicted molar refractivity (Wildman–Crippen MR) is 95.8 cm³/mol. The number of carboxylic acid groups (broad SMARTS) is 1. The number of methoxy groups -OCH3 is 1. The van der Waals surface area contributed by atoms with Crippen LogP contribution in [0.4, 0.5) is 0 Å². The van der Waals surface area contributed by atoms with Crippen molar-refractivity contribution in [2.24, 2.45) is 5.41 Å². The van der Waals surface area contributed by atoms with Crippen molar-refractivity contribution in [1.82, 2.24) is 4.57 Å². The lowest BCUT2D eigenvalue weighted by molar-refractivity contribution is 0.0693. The van der Waals surface area contributed by atoms with Gasteiger partial charge >= 0.3 is 5.97 Å². The summed E-state index contributed by atoms with van der Waals surface area (Å²) in [6.07, 6.45) is 1.49. The summed E-state index contributed by atoms with van der Waals surface area (Å²) in [5.41, 5.74) is 1.41. The van der Waals surface area contributed by atoms with Crippen molar-refractivity contribution >= 4 is 5.97 Å². The minimum absolute atomic E-state index is 0.132. The summed E-state index contributed by atoms with van der Waals surface area (Å²) in [7, 11) is 1.57. The predicted octanol–water partition coefficient (Wildman–Crippen LogP) is 2.65. The smallest absolute Gasteiger partial charge is 0.341 e. The van der Waals surface area contributed by atoms with Gasteiger partial charge in [-0.3, -0.25) is 4.79 Å². The van der Waals surface area contributed by atoms with Crippen molar-refractivity contribution in [3.63, 3.8) is 0 Å². The Morgan fingerprint density at radius 3 is 2.69 bits per heavy atom. The summed E-state index contributed by atoms with van der Waals surface area (Å²) in [6, 6.07) is 6.89. The highest BCUT2D eigenvalue weighted by Crippen LogP contribution is 2.58. The number of pyridine rings is 1. The number of carboxylic acids is 1. The molecular weight excluding hydrogens is 334 g/mol. The van der Waals surface area contributed by atoms with Crippen molar-refractivity contribution in [2.75, 3.05) is 7.11 Å². The van der Waals surface area contributed by atoms with Crippen LogP contribution in [0.2, 0.25) is 0 Å². The molecule has 1 saturated carbocycles. The average molecular weight is 355 g/mol. The van der Waals surface area contributed by atoms with E-state index in [-0.39, 0.29) is 22.9 Å². The molecule has 0 amide bonds. The van der Waals surface area contributed by atoms with E-state index >= 15 is 0 Å². The van der Waals surface area contributed by atoms with E-state index in [2.05, 4.69) is 13.8 Å². The fraction of sp³-hybridized carbons (Fsp3) is 0.400. The quantitative estimate of drug-likeness (QED) is 0.864. The van der Waals surface area contributed by atoms with Crippen LogP contribution in [0.25, 0.3) is 11.3 Å². The maximum atomic E-state index is 12.3. The highest BCUT2D eigenvalue weighted by Gasteiger charge is 2.52. The molecule has 6 nitrogen and oxygen atoms in total. The van der Waals surface area contributed by atoms with Gasteiger partial charge in [0.2, 0.25) is 0 Å². The summed E-state index contributed by atoms with van der Waals surface area (Å²) in [5, 5.41) is 20.2. The molecule has 4 rings (SSSR count). The molecule has 2 aromatic rings. The third-order valence-corrected chi connectivity index (χ3v) is 5.80. The Morgan fingerprint density at radius 1 is 1.31 bits per heavy atom. The van der Waals surface area contributed by atoms with Crippen molar-refractivity contribution in [3.8, 4) is 17.0 Å². The van der Waals surface area contributed by atoms with Gasteiger partial charge in [-0.15, -0.1) is 0 Å². The molecule has 1 aliphatic heterocycles. The van der Waals surface area contributed by atoms with Crippen LogP contribution in [0.3, 0.4) is 0 Å². The lowest BCUT2D eigenvalue weighted by Gasteiger charge is -2.39. The Balaban J connectivity index is 2.07. The van der Waals surface area contributed by atoms with Crippen LogP contribution in [0.5, 0.6) is 5.75 Å². The van der Waals surface area contributed by atoms with E-state index in [1.54, 1.807) is 7.11 Å². The van der Waals surface area contributed by atoms with Crippen LogP contribution < -0.4 is 10.2 Å². The maximum absolute atomic E-state index is 12.3. The number of fused-ring (bicyclic) bond motifs is 6. The average Bonchev–Trinajstić information content (AvgIpc) is 2.83. The lowest BCUT2D eigenvalue weighted by atomic mass is 9.77. The van der Waals surface area contributed by atoms with Crippen LogP contribution in [-0.2, 0) is 0 Å². The molecule has 1 fully saturated rings. The molecule has 2 aliphatic rings. The Morgan fingerprint density at radius 2 is 2.04 bits per heavy atom. The van der Waals surface area contributed by atoms with Crippen LogP contribution in [0.15, 0.2) is 35.3 Å². The van der Waals surface area contributed by atoms with E-state index in [9.17, 15) is 19.8 Å². The summed E-state index contributed by atoms with van der Waals surface area (Å²) in [4.78, 5) is 23.8. The van der Waals surface area contributed by atoms with Gasteiger partial charge in [0, 0.05) is 29.8 Å². The number of aliphatic hydroxyl groups excluding tert-OH is 1. The van der Waals surface area contributed by atoms with Crippen LogP contribution in [0, 0.1) is 5.41 Å². The largest absolute Gasteiger partial charge is 0.497 e. The molecule has 3 atom stereocenters. The summed E-state index contributed by atoms with van der Waals surface area (Å²) in [6.45, 7) is 4.13. The summed E-state index contributed by atoms with van der Waals surface area (Å²) in [5.74, 6) is -0.757. The van der Waals surface area contributed by atoms with E-state index in [1.165, 1.54) is 12.3 Å². The zero-order valence-corrected chi connectivity index (χ0v) is 14.9. The first-order chi connectivity index (χ1) is 12.2. The second kappa shape index (κ2) is 5.45. The van der Waals surface area contributed by atoms with Crippen molar-refractivity contribution in [1.29, 1.82) is 0 Å². The highest BCUT2D eigenvalue weighted by molar-refractivity contribution is 5.88. The molecule has 2 heterocycles. The minimum atomic E-state index is -1.24.